The second kappa shape index (κ2) is 6.80. The summed E-state index contributed by atoms with van der Waals surface area (Å²) in [5.41, 5.74) is 6.49. The van der Waals surface area contributed by atoms with Gasteiger partial charge in [-0.05, 0) is 50.2 Å². The largest absolute Gasteiger partial charge is 0.349 e. The second-order valence-electron chi connectivity index (χ2n) is 6.38. The van der Waals surface area contributed by atoms with Crippen LogP contribution in [0.25, 0.3) is 0 Å². The van der Waals surface area contributed by atoms with Crippen molar-refractivity contribution in [3.05, 3.63) is 34.9 Å². The average Bonchev–Trinajstić information content (AvgIpc) is 2.48. The first kappa shape index (κ1) is 16.3. The number of hydrogen-bond acceptors (Lipinski definition) is 2. The van der Waals surface area contributed by atoms with E-state index in [2.05, 4.69) is 12.2 Å². The van der Waals surface area contributed by atoms with Crippen molar-refractivity contribution >= 4 is 17.5 Å². The highest BCUT2D eigenvalue weighted by atomic mass is 35.5. The molecule has 1 aromatic rings. The third-order valence-corrected chi connectivity index (χ3v) is 5.17. The van der Waals surface area contributed by atoms with Crippen molar-refractivity contribution in [1.82, 2.24) is 5.32 Å². The molecule has 3 nitrogen and oxygen atoms in total. The summed E-state index contributed by atoms with van der Waals surface area (Å²) in [5, 5.41) is 3.79. The summed E-state index contributed by atoms with van der Waals surface area (Å²) in [6.45, 7) is 4.63. The highest BCUT2D eigenvalue weighted by Gasteiger charge is 2.40. The molecule has 0 bridgehead atoms. The van der Waals surface area contributed by atoms with Crippen LogP contribution in [0.4, 0.5) is 0 Å². The van der Waals surface area contributed by atoms with Gasteiger partial charge in [0.25, 0.3) is 0 Å². The lowest BCUT2D eigenvalue weighted by molar-refractivity contribution is -0.133. The SMILES string of the molecule is CC1CCC(CN)(C(=O)N[C@H](C)c2ccccc2Cl)CC1. The van der Waals surface area contributed by atoms with E-state index in [1.54, 1.807) is 0 Å². The molecule has 3 N–H and O–H groups in total. The van der Waals surface area contributed by atoms with Crippen molar-refractivity contribution in [1.29, 1.82) is 0 Å². The van der Waals surface area contributed by atoms with Gasteiger partial charge in [0.15, 0.2) is 0 Å². The lowest BCUT2D eigenvalue weighted by atomic mass is 9.70. The first-order valence-electron chi connectivity index (χ1n) is 7.74. The maximum Gasteiger partial charge on any atom is 0.227 e. The predicted molar refractivity (Wildman–Crippen MR) is 87.1 cm³/mol. The fourth-order valence-electron chi connectivity index (χ4n) is 3.09. The van der Waals surface area contributed by atoms with Gasteiger partial charge in [-0.15, -0.1) is 0 Å². The van der Waals surface area contributed by atoms with Crippen LogP contribution >= 0.6 is 11.6 Å². The molecule has 0 heterocycles. The zero-order valence-electron chi connectivity index (χ0n) is 12.9. The van der Waals surface area contributed by atoms with Crippen molar-refractivity contribution in [2.75, 3.05) is 6.54 Å². The van der Waals surface area contributed by atoms with Crippen molar-refractivity contribution < 1.29 is 4.79 Å². The molecule has 2 rings (SSSR count). The molecule has 1 aliphatic rings. The van der Waals surface area contributed by atoms with E-state index in [-0.39, 0.29) is 11.9 Å². The molecule has 1 amide bonds. The molecule has 0 unspecified atom stereocenters. The Morgan fingerprint density at radius 2 is 2.05 bits per heavy atom. The minimum Gasteiger partial charge on any atom is -0.349 e. The molecule has 0 radical (unpaired) electrons. The van der Waals surface area contributed by atoms with Crippen LogP contribution in [0.1, 0.15) is 51.1 Å². The smallest absolute Gasteiger partial charge is 0.227 e. The fraction of sp³-hybridized carbons (Fsp3) is 0.588. The quantitative estimate of drug-likeness (QED) is 0.891. The lowest BCUT2D eigenvalue weighted by Gasteiger charge is -2.38. The number of halogens is 1. The van der Waals surface area contributed by atoms with Gasteiger partial charge in [0.1, 0.15) is 0 Å². The summed E-state index contributed by atoms with van der Waals surface area (Å²) in [5.74, 6) is 0.766. The van der Waals surface area contributed by atoms with Gasteiger partial charge in [-0.2, -0.15) is 0 Å². The molecular weight excluding hydrogens is 284 g/mol. The Hall–Kier alpha value is -1.06. The highest BCUT2D eigenvalue weighted by molar-refractivity contribution is 6.31. The Bertz CT molecular complexity index is 495. The summed E-state index contributed by atoms with van der Waals surface area (Å²) in [6, 6.07) is 7.52. The van der Waals surface area contributed by atoms with Crippen LogP contribution in [0.2, 0.25) is 5.02 Å². The molecule has 21 heavy (non-hydrogen) atoms. The topological polar surface area (TPSA) is 55.1 Å². The number of carbonyl (C=O) groups excluding carboxylic acids is 1. The number of rotatable bonds is 4. The Morgan fingerprint density at radius 1 is 1.43 bits per heavy atom. The van der Waals surface area contributed by atoms with Gasteiger partial charge < -0.3 is 11.1 Å². The molecule has 1 saturated carbocycles. The maximum absolute atomic E-state index is 12.7. The van der Waals surface area contributed by atoms with Crippen LogP contribution in [0, 0.1) is 11.3 Å². The minimum absolute atomic E-state index is 0.0734. The first-order valence-corrected chi connectivity index (χ1v) is 8.12. The van der Waals surface area contributed by atoms with E-state index in [9.17, 15) is 4.79 Å². The number of nitrogens with one attached hydrogen (secondary N) is 1. The third kappa shape index (κ3) is 3.58. The van der Waals surface area contributed by atoms with E-state index >= 15 is 0 Å². The number of nitrogens with two attached hydrogens (primary N) is 1. The Kier molecular flexibility index (Phi) is 5.28. The van der Waals surface area contributed by atoms with Gasteiger partial charge in [-0.1, -0.05) is 36.7 Å². The Labute approximate surface area is 132 Å². The van der Waals surface area contributed by atoms with Crippen molar-refractivity contribution in [2.24, 2.45) is 17.1 Å². The minimum atomic E-state index is -0.401. The maximum atomic E-state index is 12.7. The van der Waals surface area contributed by atoms with Gasteiger partial charge in [-0.25, -0.2) is 0 Å². The molecule has 1 aromatic carbocycles. The van der Waals surface area contributed by atoms with E-state index in [0.29, 0.717) is 17.5 Å². The summed E-state index contributed by atoms with van der Waals surface area (Å²) in [7, 11) is 0. The predicted octanol–water partition coefficient (Wildman–Crippen LogP) is 3.67. The Balaban J connectivity index is 2.08. The first-order chi connectivity index (χ1) is 9.98. The van der Waals surface area contributed by atoms with Gasteiger partial charge in [0.05, 0.1) is 11.5 Å². The van der Waals surface area contributed by atoms with Crippen LogP contribution in [-0.4, -0.2) is 12.5 Å². The van der Waals surface area contributed by atoms with Crippen LogP contribution < -0.4 is 11.1 Å². The molecular formula is C17H25ClN2O. The lowest BCUT2D eigenvalue weighted by Crippen LogP contribution is -2.48. The van der Waals surface area contributed by atoms with Crippen molar-refractivity contribution in [3.63, 3.8) is 0 Å². The normalized spacial score (nSPS) is 27.1. The molecule has 1 atom stereocenters. The summed E-state index contributed by atoms with van der Waals surface area (Å²) in [4.78, 5) is 12.7. The molecule has 1 fully saturated rings. The zero-order valence-corrected chi connectivity index (χ0v) is 13.6. The molecule has 1 aliphatic carbocycles. The molecule has 0 aromatic heterocycles. The van der Waals surface area contributed by atoms with Gasteiger partial charge in [-0.3, -0.25) is 4.79 Å². The van der Waals surface area contributed by atoms with E-state index in [1.807, 2.05) is 31.2 Å². The second-order valence-corrected chi connectivity index (χ2v) is 6.79. The third-order valence-electron chi connectivity index (χ3n) is 4.82. The van der Waals surface area contributed by atoms with Crippen LogP contribution in [0.3, 0.4) is 0 Å². The number of amides is 1. The molecule has 0 saturated heterocycles. The summed E-state index contributed by atoms with van der Waals surface area (Å²) in [6.07, 6.45) is 3.91. The van der Waals surface area contributed by atoms with Gasteiger partial charge >= 0.3 is 0 Å². The van der Waals surface area contributed by atoms with Crippen molar-refractivity contribution in [3.8, 4) is 0 Å². The van der Waals surface area contributed by atoms with Crippen LogP contribution in [-0.2, 0) is 4.79 Å². The highest BCUT2D eigenvalue weighted by Crippen LogP contribution is 2.39. The molecule has 116 valence electrons. The fourth-order valence-corrected chi connectivity index (χ4v) is 3.39. The van der Waals surface area contributed by atoms with Gasteiger partial charge in [0, 0.05) is 11.6 Å². The standard InChI is InChI=1S/C17H25ClN2O/c1-12-7-9-17(11-19,10-8-12)16(21)20-13(2)14-5-3-4-6-15(14)18/h3-6,12-13H,7-11,19H2,1-2H3,(H,20,21)/t12?,13-,17?/m1/s1. The van der Waals surface area contributed by atoms with E-state index < -0.39 is 5.41 Å². The monoisotopic (exact) mass is 308 g/mol. The molecule has 0 spiro atoms. The zero-order chi connectivity index (χ0) is 15.5. The summed E-state index contributed by atoms with van der Waals surface area (Å²) < 4.78 is 0. The van der Waals surface area contributed by atoms with Crippen molar-refractivity contribution in [2.45, 2.75) is 45.6 Å². The molecule has 0 aliphatic heterocycles. The van der Waals surface area contributed by atoms with Crippen LogP contribution in [0.15, 0.2) is 24.3 Å². The number of carbonyl (C=O) groups is 1. The van der Waals surface area contributed by atoms with Crippen LogP contribution in [0.5, 0.6) is 0 Å². The number of benzene rings is 1. The average molecular weight is 309 g/mol. The van der Waals surface area contributed by atoms with E-state index in [0.717, 1.165) is 31.2 Å². The van der Waals surface area contributed by atoms with Gasteiger partial charge in [0.2, 0.25) is 5.91 Å². The van der Waals surface area contributed by atoms with E-state index in [4.69, 9.17) is 17.3 Å². The Morgan fingerprint density at radius 3 is 2.62 bits per heavy atom. The van der Waals surface area contributed by atoms with E-state index in [1.165, 1.54) is 0 Å². The summed E-state index contributed by atoms with van der Waals surface area (Å²) >= 11 is 6.20. The molecule has 4 heteroatoms. The number of hydrogen-bond donors (Lipinski definition) is 2.